The van der Waals surface area contributed by atoms with Crippen molar-refractivity contribution < 1.29 is 17.9 Å². The summed E-state index contributed by atoms with van der Waals surface area (Å²) in [5, 5.41) is 8.47. The van der Waals surface area contributed by atoms with Gasteiger partial charge in [0.1, 0.15) is 11.8 Å². The van der Waals surface area contributed by atoms with Gasteiger partial charge in [0.2, 0.25) is 5.91 Å². The van der Waals surface area contributed by atoms with Crippen LogP contribution in [0.5, 0.6) is 5.75 Å². The van der Waals surface area contributed by atoms with Gasteiger partial charge in [-0.15, -0.1) is 0 Å². The van der Waals surface area contributed by atoms with Crippen LogP contribution in [0.3, 0.4) is 0 Å². The largest absolute Gasteiger partial charge is 0.479 e. The summed E-state index contributed by atoms with van der Waals surface area (Å²) in [6.07, 6.45) is 2.80. The minimum absolute atomic E-state index is 0.0567. The van der Waals surface area contributed by atoms with E-state index in [1.54, 1.807) is 36.4 Å². The molecule has 1 amide bonds. The van der Waals surface area contributed by atoms with Crippen LogP contribution in [0.4, 0.5) is 0 Å². The third-order valence-corrected chi connectivity index (χ3v) is 5.59. The monoisotopic (exact) mass is 370 g/mol. The second-order valence-corrected chi connectivity index (χ2v) is 7.76. The Kier molecular flexibility index (Phi) is 5.24. The maximum Gasteiger partial charge on any atom is 0.264 e. The van der Waals surface area contributed by atoms with Crippen molar-refractivity contribution in [3.8, 4) is 11.8 Å². The molecule has 0 atom stereocenters. The minimum Gasteiger partial charge on any atom is -0.479 e. The molecule has 1 N–H and O–H groups in total. The van der Waals surface area contributed by atoms with Crippen molar-refractivity contribution in [2.24, 2.45) is 0 Å². The van der Waals surface area contributed by atoms with Crippen LogP contribution in [0.25, 0.3) is 0 Å². The highest BCUT2D eigenvalue weighted by molar-refractivity contribution is 7.90. The first kappa shape index (κ1) is 18.0. The number of rotatable bonds is 6. The SMILES string of the molecule is N#CCOc1ccc(CC(=O)NS(=O)(=O)c2ccc3c(c2)CCC3)cc1. The smallest absolute Gasteiger partial charge is 0.264 e. The van der Waals surface area contributed by atoms with Gasteiger partial charge in [0.25, 0.3) is 10.0 Å². The van der Waals surface area contributed by atoms with Gasteiger partial charge in [0.05, 0.1) is 11.3 Å². The Labute approximate surface area is 152 Å². The van der Waals surface area contributed by atoms with Crippen LogP contribution in [0.1, 0.15) is 23.1 Å². The Bertz CT molecular complexity index is 960. The zero-order valence-electron chi connectivity index (χ0n) is 14.1. The maximum absolute atomic E-state index is 12.4. The van der Waals surface area contributed by atoms with Crippen molar-refractivity contribution >= 4 is 15.9 Å². The van der Waals surface area contributed by atoms with Gasteiger partial charge in [-0.1, -0.05) is 18.2 Å². The van der Waals surface area contributed by atoms with E-state index in [4.69, 9.17) is 10.00 Å². The molecular weight excluding hydrogens is 352 g/mol. The number of amides is 1. The number of hydrogen-bond donors (Lipinski definition) is 1. The molecule has 26 heavy (non-hydrogen) atoms. The number of ether oxygens (including phenoxy) is 1. The molecular formula is C19H18N2O4S. The summed E-state index contributed by atoms with van der Waals surface area (Å²) in [5.41, 5.74) is 2.86. The van der Waals surface area contributed by atoms with E-state index >= 15 is 0 Å². The van der Waals surface area contributed by atoms with E-state index in [1.165, 1.54) is 5.56 Å². The quantitative estimate of drug-likeness (QED) is 0.840. The molecule has 0 aliphatic heterocycles. The Morgan fingerprint density at radius 2 is 1.85 bits per heavy atom. The lowest BCUT2D eigenvalue weighted by atomic mass is 10.1. The number of aryl methyl sites for hydroxylation is 2. The Morgan fingerprint density at radius 3 is 2.58 bits per heavy atom. The summed E-state index contributed by atoms with van der Waals surface area (Å²) >= 11 is 0. The second kappa shape index (κ2) is 7.58. The second-order valence-electron chi connectivity index (χ2n) is 6.08. The lowest BCUT2D eigenvalue weighted by Gasteiger charge is -2.09. The normalized spacial score (nSPS) is 12.9. The van der Waals surface area contributed by atoms with Crippen molar-refractivity contribution in [2.45, 2.75) is 30.6 Å². The van der Waals surface area contributed by atoms with E-state index in [2.05, 4.69) is 4.72 Å². The van der Waals surface area contributed by atoms with Crippen LogP contribution >= 0.6 is 0 Å². The molecule has 3 rings (SSSR count). The zero-order chi connectivity index (χ0) is 18.6. The number of nitriles is 1. The molecule has 2 aromatic rings. The van der Waals surface area contributed by atoms with Crippen LogP contribution in [-0.2, 0) is 34.1 Å². The van der Waals surface area contributed by atoms with Gasteiger partial charge in [-0.3, -0.25) is 4.79 Å². The van der Waals surface area contributed by atoms with Crippen molar-refractivity contribution in [2.75, 3.05) is 6.61 Å². The van der Waals surface area contributed by atoms with Gasteiger partial charge in [-0.25, -0.2) is 13.1 Å². The molecule has 7 heteroatoms. The average molecular weight is 370 g/mol. The van der Waals surface area contributed by atoms with Crippen molar-refractivity contribution in [3.05, 3.63) is 59.2 Å². The third-order valence-electron chi connectivity index (χ3n) is 4.22. The maximum atomic E-state index is 12.4. The fourth-order valence-corrected chi connectivity index (χ4v) is 4.00. The third kappa shape index (κ3) is 4.21. The van der Waals surface area contributed by atoms with Crippen LogP contribution in [0.2, 0.25) is 0 Å². The molecule has 0 aromatic heterocycles. The standard InChI is InChI=1S/C19H18N2O4S/c20-10-11-25-17-7-4-14(5-8-17)12-19(22)21-26(23,24)18-9-6-15-2-1-3-16(15)13-18/h4-9,13H,1-3,11-12H2,(H,21,22). The van der Waals surface area contributed by atoms with Crippen molar-refractivity contribution in [1.29, 1.82) is 5.26 Å². The van der Waals surface area contributed by atoms with Gasteiger partial charge in [0.15, 0.2) is 6.61 Å². The number of sulfonamides is 1. The average Bonchev–Trinajstić information content (AvgIpc) is 3.08. The molecule has 6 nitrogen and oxygen atoms in total. The summed E-state index contributed by atoms with van der Waals surface area (Å²) in [6, 6.07) is 13.5. The van der Waals surface area contributed by atoms with Gasteiger partial charge < -0.3 is 4.74 Å². The highest BCUT2D eigenvalue weighted by Gasteiger charge is 2.20. The lowest BCUT2D eigenvalue weighted by molar-refractivity contribution is -0.118. The molecule has 0 bridgehead atoms. The molecule has 0 spiro atoms. The van der Waals surface area contributed by atoms with Crippen LogP contribution in [0.15, 0.2) is 47.4 Å². The number of benzene rings is 2. The molecule has 0 saturated heterocycles. The zero-order valence-corrected chi connectivity index (χ0v) is 14.9. The minimum atomic E-state index is -3.88. The predicted octanol–water partition coefficient (Wildman–Crippen LogP) is 2.13. The van der Waals surface area contributed by atoms with Crippen LogP contribution in [0, 0.1) is 11.3 Å². The fourth-order valence-electron chi connectivity index (χ4n) is 2.96. The van der Waals surface area contributed by atoms with E-state index in [-0.39, 0.29) is 17.9 Å². The molecule has 134 valence electrons. The Morgan fingerprint density at radius 1 is 1.12 bits per heavy atom. The molecule has 0 saturated carbocycles. The number of carbonyl (C=O) groups is 1. The molecule has 2 aromatic carbocycles. The summed E-state index contributed by atoms with van der Waals surface area (Å²) in [6.45, 7) is -0.0567. The number of nitrogens with zero attached hydrogens (tertiary/aromatic N) is 1. The van der Waals surface area contributed by atoms with E-state index < -0.39 is 15.9 Å². The first-order valence-corrected chi connectivity index (χ1v) is 9.72. The van der Waals surface area contributed by atoms with E-state index in [0.29, 0.717) is 11.3 Å². The number of fused-ring (bicyclic) bond motifs is 1. The van der Waals surface area contributed by atoms with E-state index in [9.17, 15) is 13.2 Å². The first-order valence-electron chi connectivity index (χ1n) is 8.24. The summed E-state index contributed by atoms with van der Waals surface area (Å²) in [5.74, 6) is -0.0855. The predicted molar refractivity (Wildman–Crippen MR) is 95.0 cm³/mol. The van der Waals surface area contributed by atoms with Crippen molar-refractivity contribution in [3.63, 3.8) is 0 Å². The molecule has 0 heterocycles. The van der Waals surface area contributed by atoms with Gasteiger partial charge in [0, 0.05) is 0 Å². The summed E-state index contributed by atoms with van der Waals surface area (Å²) in [7, 11) is -3.88. The fraction of sp³-hybridized carbons (Fsp3) is 0.263. The number of nitrogens with one attached hydrogen (secondary N) is 1. The highest BCUT2D eigenvalue weighted by atomic mass is 32.2. The van der Waals surface area contributed by atoms with E-state index in [1.807, 2.05) is 12.1 Å². The lowest BCUT2D eigenvalue weighted by Crippen LogP contribution is -2.31. The molecule has 1 aliphatic rings. The number of carbonyl (C=O) groups excluding carboxylic acids is 1. The van der Waals surface area contributed by atoms with Crippen molar-refractivity contribution in [1.82, 2.24) is 4.72 Å². The molecule has 0 unspecified atom stereocenters. The van der Waals surface area contributed by atoms with Gasteiger partial charge >= 0.3 is 0 Å². The topological polar surface area (TPSA) is 96.3 Å². The van der Waals surface area contributed by atoms with Crippen LogP contribution in [-0.4, -0.2) is 20.9 Å². The summed E-state index contributed by atoms with van der Waals surface area (Å²) < 4.78 is 32.1. The molecule has 0 fully saturated rings. The highest BCUT2D eigenvalue weighted by Crippen LogP contribution is 2.24. The summed E-state index contributed by atoms with van der Waals surface area (Å²) in [4.78, 5) is 12.2. The first-order chi connectivity index (χ1) is 12.5. The van der Waals surface area contributed by atoms with Crippen LogP contribution < -0.4 is 9.46 Å². The molecule has 0 radical (unpaired) electrons. The number of hydrogen-bond acceptors (Lipinski definition) is 5. The Hall–Kier alpha value is -2.85. The molecule has 1 aliphatic carbocycles. The Balaban J connectivity index is 1.64. The van der Waals surface area contributed by atoms with Gasteiger partial charge in [-0.05, 0) is 60.2 Å². The van der Waals surface area contributed by atoms with E-state index in [0.717, 1.165) is 24.8 Å². The van der Waals surface area contributed by atoms with Gasteiger partial charge in [-0.2, -0.15) is 5.26 Å².